The van der Waals surface area contributed by atoms with Gasteiger partial charge in [0.2, 0.25) is 5.91 Å². The van der Waals surface area contributed by atoms with Gasteiger partial charge >= 0.3 is 0 Å². The summed E-state index contributed by atoms with van der Waals surface area (Å²) in [6.45, 7) is 9.37. The maximum atomic E-state index is 12.5. The third-order valence-electron chi connectivity index (χ3n) is 5.51. The first-order valence-electron chi connectivity index (χ1n) is 9.65. The van der Waals surface area contributed by atoms with E-state index in [9.17, 15) is 13.2 Å². The van der Waals surface area contributed by atoms with E-state index in [0.29, 0.717) is 57.8 Å². The number of carbonyl (C=O) groups is 1. The van der Waals surface area contributed by atoms with Gasteiger partial charge in [0.05, 0.1) is 6.54 Å². The fraction of sp³-hybridized carbons (Fsp3) is 0.941. The highest BCUT2D eigenvalue weighted by atomic mass is 32.2. The zero-order valence-electron chi connectivity index (χ0n) is 15.9. The Labute approximate surface area is 152 Å². The first-order valence-corrected chi connectivity index (χ1v) is 11.0. The van der Waals surface area contributed by atoms with Crippen molar-refractivity contribution in [3.8, 4) is 0 Å². The van der Waals surface area contributed by atoms with E-state index in [2.05, 4.69) is 17.1 Å². The van der Waals surface area contributed by atoms with Gasteiger partial charge in [-0.05, 0) is 18.8 Å². The van der Waals surface area contributed by atoms with E-state index in [-0.39, 0.29) is 5.91 Å². The molecule has 2 rings (SSSR count). The first-order chi connectivity index (χ1) is 11.9. The van der Waals surface area contributed by atoms with E-state index >= 15 is 0 Å². The Balaban J connectivity index is 1.79. The summed E-state index contributed by atoms with van der Waals surface area (Å²) in [5, 5.41) is 3.17. The minimum Gasteiger partial charge on any atom is -0.352 e. The topological polar surface area (TPSA) is 73.0 Å². The maximum Gasteiger partial charge on any atom is 0.282 e. The van der Waals surface area contributed by atoms with Crippen molar-refractivity contribution in [1.29, 1.82) is 0 Å². The fourth-order valence-corrected chi connectivity index (χ4v) is 5.42. The number of rotatable bonds is 7. The highest BCUT2D eigenvalue weighted by Gasteiger charge is 2.31. The molecule has 1 aliphatic heterocycles. The van der Waals surface area contributed by atoms with Crippen LogP contribution in [0.15, 0.2) is 0 Å². The van der Waals surface area contributed by atoms with Gasteiger partial charge in [0.25, 0.3) is 10.2 Å². The molecule has 8 heteroatoms. The second kappa shape index (κ2) is 9.30. The largest absolute Gasteiger partial charge is 0.352 e. The number of nitrogens with zero attached hydrogens (tertiary/aromatic N) is 3. The molecule has 1 aliphatic carbocycles. The van der Waals surface area contributed by atoms with Crippen molar-refractivity contribution in [2.24, 2.45) is 5.92 Å². The Morgan fingerprint density at radius 1 is 1.08 bits per heavy atom. The summed E-state index contributed by atoms with van der Waals surface area (Å²) >= 11 is 0. The lowest BCUT2D eigenvalue weighted by Gasteiger charge is -2.36. The Hall–Kier alpha value is -0.700. The molecule has 1 heterocycles. The van der Waals surface area contributed by atoms with E-state index in [4.69, 9.17) is 0 Å². The van der Waals surface area contributed by atoms with Gasteiger partial charge in [-0.15, -0.1) is 0 Å². The van der Waals surface area contributed by atoms with Crippen LogP contribution in [0.3, 0.4) is 0 Å². The summed E-state index contributed by atoms with van der Waals surface area (Å²) in [6, 6.07) is 0.297. The summed E-state index contributed by atoms with van der Waals surface area (Å²) in [4.78, 5) is 14.4. The van der Waals surface area contributed by atoms with Crippen LogP contribution in [0.25, 0.3) is 0 Å². The maximum absolute atomic E-state index is 12.5. The van der Waals surface area contributed by atoms with Crippen molar-refractivity contribution >= 4 is 16.1 Å². The molecule has 0 radical (unpaired) electrons. The Morgan fingerprint density at radius 2 is 1.68 bits per heavy atom. The molecule has 0 aromatic heterocycles. The van der Waals surface area contributed by atoms with Gasteiger partial charge in [-0.1, -0.05) is 33.6 Å². The number of hydrogen-bond acceptors (Lipinski definition) is 4. The summed E-state index contributed by atoms with van der Waals surface area (Å²) in [7, 11) is -3.37. The van der Waals surface area contributed by atoms with Gasteiger partial charge in [0.1, 0.15) is 0 Å². The van der Waals surface area contributed by atoms with Gasteiger partial charge < -0.3 is 5.32 Å². The molecule has 0 bridgehead atoms. The lowest BCUT2D eigenvalue weighted by molar-refractivity contribution is -0.123. The Bertz CT molecular complexity index is 528. The van der Waals surface area contributed by atoms with Crippen molar-refractivity contribution in [1.82, 2.24) is 18.8 Å². The number of piperazine rings is 1. The van der Waals surface area contributed by atoms with Crippen LogP contribution < -0.4 is 5.32 Å². The second-order valence-corrected chi connectivity index (χ2v) is 9.13. The van der Waals surface area contributed by atoms with Gasteiger partial charge in [-0.2, -0.15) is 17.0 Å². The molecule has 2 atom stereocenters. The Kier molecular flexibility index (Phi) is 7.67. The third-order valence-corrected chi connectivity index (χ3v) is 7.70. The molecule has 1 N–H and O–H groups in total. The van der Waals surface area contributed by atoms with E-state index in [1.165, 1.54) is 27.9 Å². The fourth-order valence-electron chi connectivity index (χ4n) is 3.82. The van der Waals surface area contributed by atoms with Crippen LogP contribution in [0, 0.1) is 5.92 Å². The third kappa shape index (κ3) is 5.39. The molecule has 1 saturated heterocycles. The summed E-state index contributed by atoms with van der Waals surface area (Å²) < 4.78 is 28.1. The number of carbonyl (C=O) groups excluding carboxylic acids is 1. The van der Waals surface area contributed by atoms with E-state index in [1.807, 2.05) is 13.8 Å². The van der Waals surface area contributed by atoms with Crippen molar-refractivity contribution in [2.75, 3.05) is 45.8 Å². The van der Waals surface area contributed by atoms with Crippen LogP contribution in [0.5, 0.6) is 0 Å². The predicted octanol–water partition coefficient (Wildman–Crippen LogP) is 0.886. The highest BCUT2D eigenvalue weighted by molar-refractivity contribution is 7.86. The monoisotopic (exact) mass is 374 g/mol. The Morgan fingerprint density at radius 3 is 2.24 bits per heavy atom. The molecule has 146 valence electrons. The van der Waals surface area contributed by atoms with Crippen molar-refractivity contribution in [2.45, 2.75) is 52.5 Å². The zero-order valence-corrected chi connectivity index (χ0v) is 16.7. The van der Waals surface area contributed by atoms with E-state index in [1.54, 1.807) is 0 Å². The van der Waals surface area contributed by atoms with Crippen LogP contribution >= 0.6 is 0 Å². The van der Waals surface area contributed by atoms with Crippen LogP contribution in [0.2, 0.25) is 0 Å². The zero-order chi connectivity index (χ0) is 18.4. The van der Waals surface area contributed by atoms with Crippen LogP contribution in [0.1, 0.15) is 46.5 Å². The molecule has 0 aromatic carbocycles. The number of hydrogen-bond donors (Lipinski definition) is 1. The van der Waals surface area contributed by atoms with Crippen LogP contribution in [-0.2, 0) is 15.0 Å². The molecule has 0 aromatic rings. The van der Waals surface area contributed by atoms with E-state index < -0.39 is 10.2 Å². The molecule has 25 heavy (non-hydrogen) atoms. The minimum absolute atomic E-state index is 0.0683. The predicted molar refractivity (Wildman–Crippen MR) is 99.4 cm³/mol. The van der Waals surface area contributed by atoms with Crippen LogP contribution in [0.4, 0.5) is 0 Å². The summed E-state index contributed by atoms with van der Waals surface area (Å²) in [5.74, 6) is 0.618. The van der Waals surface area contributed by atoms with Crippen molar-refractivity contribution in [3.05, 3.63) is 0 Å². The van der Waals surface area contributed by atoms with E-state index in [0.717, 1.165) is 6.42 Å². The minimum atomic E-state index is -3.37. The molecular weight excluding hydrogens is 340 g/mol. The molecule has 1 saturated carbocycles. The SMILES string of the molecule is CCN(CC)S(=O)(=O)N1CCN(CC(=O)NC2CCCCC2C)CC1. The average Bonchev–Trinajstić information content (AvgIpc) is 2.58. The lowest BCUT2D eigenvalue weighted by Crippen LogP contribution is -2.55. The summed E-state index contributed by atoms with van der Waals surface area (Å²) in [6.07, 6.45) is 4.71. The first kappa shape index (κ1) is 20.6. The molecule has 2 unspecified atom stereocenters. The average molecular weight is 375 g/mol. The van der Waals surface area contributed by atoms with Gasteiger partial charge in [-0.25, -0.2) is 0 Å². The molecule has 0 spiro atoms. The molecular formula is C17H34N4O3S. The molecule has 7 nitrogen and oxygen atoms in total. The second-order valence-electron chi connectivity index (χ2n) is 7.20. The quantitative estimate of drug-likeness (QED) is 0.718. The molecule has 2 fully saturated rings. The number of nitrogens with one attached hydrogen (secondary N) is 1. The summed E-state index contributed by atoms with van der Waals surface area (Å²) in [5.41, 5.74) is 0. The van der Waals surface area contributed by atoms with Crippen molar-refractivity contribution in [3.63, 3.8) is 0 Å². The standard InChI is InChI=1S/C17H34N4O3S/c1-4-20(5-2)25(23,24)21-12-10-19(11-13-21)14-17(22)18-16-9-7-6-8-15(16)3/h15-16H,4-14H2,1-3H3,(H,18,22). The normalized spacial score (nSPS) is 26.7. The number of amides is 1. The smallest absolute Gasteiger partial charge is 0.282 e. The van der Waals surface area contributed by atoms with Crippen molar-refractivity contribution < 1.29 is 13.2 Å². The molecule has 1 amide bonds. The lowest BCUT2D eigenvalue weighted by atomic mass is 9.86. The van der Waals surface area contributed by atoms with Gasteiger partial charge in [-0.3, -0.25) is 9.69 Å². The van der Waals surface area contributed by atoms with Crippen LogP contribution in [-0.4, -0.2) is 79.7 Å². The molecule has 2 aliphatic rings. The van der Waals surface area contributed by atoms with Gasteiger partial charge in [0.15, 0.2) is 0 Å². The highest BCUT2D eigenvalue weighted by Crippen LogP contribution is 2.23. The van der Waals surface area contributed by atoms with Gasteiger partial charge in [0, 0.05) is 45.3 Å².